The summed E-state index contributed by atoms with van der Waals surface area (Å²) in [7, 11) is 0.939. The van der Waals surface area contributed by atoms with Gasteiger partial charge in [-0.2, -0.15) is 0 Å². The Hall–Kier alpha value is -3.52. The first-order valence-electron chi connectivity index (χ1n) is 9.54. The van der Waals surface area contributed by atoms with Crippen LogP contribution in [0.15, 0.2) is 59.5 Å². The smallest absolute Gasteiger partial charge is 0.264 e. The maximum absolute atomic E-state index is 13.1. The fraction of sp³-hybridized carbons (Fsp3) is 0.174. The van der Waals surface area contributed by atoms with Gasteiger partial charge in [-0.25, -0.2) is 8.42 Å². The van der Waals surface area contributed by atoms with E-state index in [2.05, 4.69) is 5.32 Å². The molecule has 0 saturated heterocycles. The van der Waals surface area contributed by atoms with Crippen LogP contribution in [0, 0.1) is 6.92 Å². The van der Waals surface area contributed by atoms with Crippen molar-refractivity contribution in [3.8, 4) is 22.6 Å². The highest BCUT2D eigenvalue weighted by Gasteiger charge is 2.34. The van der Waals surface area contributed by atoms with E-state index in [1.54, 1.807) is 68.6 Å². The number of carbonyl (C=O) groups excluding carboxylic acids is 1. The maximum atomic E-state index is 13.1. The Balaban J connectivity index is 1.81. The molecular weight excluding hydrogens is 416 g/mol. The molecule has 1 aliphatic rings. The Bertz CT molecular complexity index is 1300. The summed E-state index contributed by atoms with van der Waals surface area (Å²) in [6, 6.07) is 15.3. The van der Waals surface area contributed by atoms with Gasteiger partial charge in [-0.1, -0.05) is 18.2 Å². The molecule has 0 radical (unpaired) electrons. The molecule has 0 saturated carbocycles. The van der Waals surface area contributed by atoms with Crippen molar-refractivity contribution in [1.29, 1.82) is 0 Å². The number of ether oxygens (including phenoxy) is 2. The minimum absolute atomic E-state index is 0.219. The van der Waals surface area contributed by atoms with Gasteiger partial charge in [0, 0.05) is 29.8 Å². The summed E-state index contributed by atoms with van der Waals surface area (Å²) in [6.07, 6.45) is 0. The average molecular weight is 439 g/mol. The van der Waals surface area contributed by atoms with E-state index in [1.165, 1.54) is 18.5 Å². The summed E-state index contributed by atoms with van der Waals surface area (Å²) in [6.45, 7) is 1.79. The number of rotatable bonds is 4. The topological polar surface area (TPSA) is 84.9 Å². The molecule has 0 fully saturated rings. The molecule has 31 heavy (non-hydrogen) atoms. The highest BCUT2D eigenvalue weighted by molar-refractivity contribution is 7.93. The molecule has 3 aromatic carbocycles. The molecule has 1 amide bonds. The summed E-state index contributed by atoms with van der Waals surface area (Å²) >= 11 is 0. The lowest BCUT2D eigenvalue weighted by Crippen LogP contribution is -2.31. The van der Waals surface area contributed by atoms with Gasteiger partial charge < -0.3 is 14.8 Å². The van der Waals surface area contributed by atoms with E-state index >= 15 is 0 Å². The van der Waals surface area contributed by atoms with E-state index < -0.39 is 10.0 Å². The number of carbonyl (C=O) groups is 1. The second-order valence-corrected chi connectivity index (χ2v) is 9.12. The van der Waals surface area contributed by atoms with Crippen molar-refractivity contribution in [2.24, 2.45) is 0 Å². The van der Waals surface area contributed by atoms with Crippen molar-refractivity contribution < 1.29 is 22.7 Å². The molecule has 7 nitrogen and oxygen atoms in total. The second kappa shape index (κ2) is 7.63. The predicted octanol–water partition coefficient (Wildman–Crippen LogP) is 4.07. The zero-order valence-corrected chi connectivity index (χ0v) is 18.4. The predicted molar refractivity (Wildman–Crippen MR) is 120 cm³/mol. The third-order valence-electron chi connectivity index (χ3n) is 5.35. The summed E-state index contributed by atoms with van der Waals surface area (Å²) in [5, 5.41) is 2.86. The van der Waals surface area contributed by atoms with Gasteiger partial charge in [0.25, 0.3) is 15.9 Å². The summed E-state index contributed by atoms with van der Waals surface area (Å²) in [5.41, 5.74) is 3.39. The largest absolute Gasteiger partial charge is 0.497 e. The lowest BCUT2D eigenvalue weighted by atomic mass is 9.96. The third-order valence-corrected chi connectivity index (χ3v) is 7.16. The molecule has 1 aliphatic heterocycles. The van der Waals surface area contributed by atoms with Gasteiger partial charge >= 0.3 is 0 Å². The Labute approximate surface area is 181 Å². The highest BCUT2D eigenvalue weighted by atomic mass is 32.2. The summed E-state index contributed by atoms with van der Waals surface area (Å²) in [5.74, 6) is 0.740. The van der Waals surface area contributed by atoms with Crippen molar-refractivity contribution in [3.63, 3.8) is 0 Å². The number of nitrogens with one attached hydrogen (secondary N) is 1. The van der Waals surface area contributed by atoms with Crippen molar-refractivity contribution >= 4 is 27.3 Å². The number of sulfonamides is 1. The average Bonchev–Trinajstić information content (AvgIpc) is 2.77. The molecule has 8 heteroatoms. The number of anilines is 2. The number of hydrogen-bond donors (Lipinski definition) is 1. The molecule has 1 N–H and O–H groups in total. The van der Waals surface area contributed by atoms with Gasteiger partial charge in [-0.3, -0.25) is 9.10 Å². The molecule has 0 atom stereocenters. The van der Waals surface area contributed by atoms with Crippen molar-refractivity contribution in [2.45, 2.75) is 11.8 Å². The van der Waals surface area contributed by atoms with Crippen LogP contribution in [0.3, 0.4) is 0 Å². The Morgan fingerprint density at radius 1 is 0.968 bits per heavy atom. The SMILES string of the molecule is COc1ccc(OC)c(NC(=O)c2cc(C)c3c(c2)-c2ccccc2S(=O)(=O)N3C)c1. The van der Waals surface area contributed by atoms with E-state index in [0.717, 1.165) is 0 Å². The third kappa shape index (κ3) is 3.38. The van der Waals surface area contributed by atoms with E-state index in [9.17, 15) is 13.2 Å². The van der Waals surface area contributed by atoms with E-state index in [4.69, 9.17) is 9.47 Å². The number of hydrogen-bond acceptors (Lipinski definition) is 5. The first kappa shape index (κ1) is 20.7. The second-order valence-electron chi connectivity index (χ2n) is 7.18. The van der Waals surface area contributed by atoms with E-state index in [1.807, 2.05) is 0 Å². The van der Waals surface area contributed by atoms with Crippen LogP contribution in [0.2, 0.25) is 0 Å². The quantitative estimate of drug-likeness (QED) is 0.664. The van der Waals surface area contributed by atoms with Gasteiger partial charge in [0.2, 0.25) is 0 Å². The molecule has 0 spiro atoms. The molecule has 4 rings (SSSR count). The maximum Gasteiger partial charge on any atom is 0.264 e. The van der Waals surface area contributed by atoms with Crippen molar-refractivity contribution in [1.82, 2.24) is 0 Å². The van der Waals surface area contributed by atoms with E-state index in [-0.39, 0.29) is 10.8 Å². The first-order chi connectivity index (χ1) is 14.8. The zero-order valence-electron chi connectivity index (χ0n) is 17.6. The first-order valence-corrected chi connectivity index (χ1v) is 11.0. The van der Waals surface area contributed by atoms with Crippen LogP contribution in [-0.4, -0.2) is 35.6 Å². The van der Waals surface area contributed by atoms with Crippen LogP contribution >= 0.6 is 0 Å². The molecule has 0 bridgehead atoms. The molecule has 0 aliphatic carbocycles. The lowest BCUT2D eigenvalue weighted by molar-refractivity contribution is 0.102. The minimum Gasteiger partial charge on any atom is -0.497 e. The lowest BCUT2D eigenvalue weighted by Gasteiger charge is -2.31. The van der Waals surface area contributed by atoms with Gasteiger partial charge in [0.1, 0.15) is 11.5 Å². The monoisotopic (exact) mass is 438 g/mol. The van der Waals surface area contributed by atoms with Crippen LogP contribution in [0.1, 0.15) is 15.9 Å². The molecule has 160 valence electrons. The molecule has 0 unspecified atom stereocenters. The number of methoxy groups -OCH3 is 2. The fourth-order valence-corrected chi connectivity index (χ4v) is 5.31. The molecule has 3 aromatic rings. The van der Waals surface area contributed by atoms with Crippen LogP contribution in [0.25, 0.3) is 11.1 Å². The number of fused-ring (bicyclic) bond motifs is 3. The van der Waals surface area contributed by atoms with Crippen molar-refractivity contribution in [2.75, 3.05) is 30.9 Å². The van der Waals surface area contributed by atoms with Crippen LogP contribution in [-0.2, 0) is 10.0 Å². The molecule has 1 heterocycles. The minimum atomic E-state index is -3.65. The van der Waals surface area contributed by atoms with Gasteiger partial charge in [-0.05, 0) is 42.8 Å². The standard InChI is InChI=1S/C23H22N2O5S/c1-14-11-15(23(26)24-19-13-16(29-3)9-10-20(19)30-4)12-18-17-7-5-6-8-21(17)31(27,28)25(2)22(14)18/h5-13H,1-4H3,(H,24,26). The molecular formula is C23H22N2O5S. The number of nitrogens with zero attached hydrogens (tertiary/aromatic N) is 1. The zero-order chi connectivity index (χ0) is 22.3. The normalized spacial score (nSPS) is 13.7. The summed E-state index contributed by atoms with van der Waals surface area (Å²) < 4.78 is 37.7. The van der Waals surface area contributed by atoms with Gasteiger partial charge in [-0.15, -0.1) is 0 Å². The number of aryl methyl sites for hydroxylation is 1. The van der Waals surface area contributed by atoms with Crippen molar-refractivity contribution in [3.05, 3.63) is 65.7 Å². The summed E-state index contributed by atoms with van der Waals surface area (Å²) in [4.78, 5) is 13.3. The Morgan fingerprint density at radius 3 is 2.42 bits per heavy atom. The number of benzene rings is 3. The van der Waals surface area contributed by atoms with Crippen LogP contribution < -0.4 is 19.1 Å². The highest BCUT2D eigenvalue weighted by Crippen LogP contribution is 2.44. The van der Waals surface area contributed by atoms with Crippen LogP contribution in [0.5, 0.6) is 11.5 Å². The number of amides is 1. The Morgan fingerprint density at radius 2 is 1.71 bits per heavy atom. The fourth-order valence-electron chi connectivity index (χ4n) is 3.82. The van der Waals surface area contributed by atoms with Gasteiger partial charge in [0.15, 0.2) is 0 Å². The molecule has 0 aromatic heterocycles. The van der Waals surface area contributed by atoms with Crippen LogP contribution in [0.4, 0.5) is 11.4 Å². The Kier molecular flexibility index (Phi) is 5.10. The van der Waals surface area contributed by atoms with Gasteiger partial charge in [0.05, 0.1) is 30.5 Å². The van der Waals surface area contributed by atoms with E-state index in [0.29, 0.717) is 45.1 Å².